The number of likely N-dealkylation sites (tertiary alicyclic amines) is 1. The Labute approximate surface area is 202 Å². The van der Waals surface area contributed by atoms with E-state index in [0.29, 0.717) is 15.8 Å². The molecule has 2 fully saturated rings. The normalized spacial score (nSPS) is 22.4. The van der Waals surface area contributed by atoms with Gasteiger partial charge in [0, 0.05) is 31.3 Å². The van der Waals surface area contributed by atoms with Crippen molar-refractivity contribution < 1.29 is 4.42 Å². The minimum Gasteiger partial charge on any atom is -0.440 e. The van der Waals surface area contributed by atoms with E-state index >= 15 is 0 Å². The van der Waals surface area contributed by atoms with Gasteiger partial charge in [0.2, 0.25) is 5.82 Å². The van der Waals surface area contributed by atoms with Crippen LogP contribution in [0.3, 0.4) is 0 Å². The molecule has 1 aliphatic heterocycles. The quantitative estimate of drug-likeness (QED) is 0.326. The summed E-state index contributed by atoms with van der Waals surface area (Å²) in [7, 11) is 1.97. The van der Waals surface area contributed by atoms with Crippen LogP contribution in [0.25, 0.3) is 11.6 Å². The number of halogens is 3. The highest BCUT2D eigenvalue weighted by atomic mass is 35.5. The van der Waals surface area contributed by atoms with E-state index in [1.54, 1.807) is 11.8 Å². The molecule has 0 unspecified atom stereocenters. The molecule has 1 saturated heterocycles. The van der Waals surface area contributed by atoms with Crippen LogP contribution in [0.4, 0.5) is 0 Å². The Kier molecular flexibility index (Phi) is 6.62. The van der Waals surface area contributed by atoms with Crippen LogP contribution >= 0.6 is 47.4 Å². The van der Waals surface area contributed by atoms with Gasteiger partial charge < -0.3 is 13.9 Å². The Hall–Kier alpha value is -1.25. The first kappa shape index (κ1) is 22.9. The lowest BCUT2D eigenvalue weighted by Crippen LogP contribution is -2.27. The van der Waals surface area contributed by atoms with E-state index in [1.165, 1.54) is 24.9 Å². The molecule has 31 heavy (non-hydrogen) atoms. The zero-order chi connectivity index (χ0) is 20.9. The number of fused-ring (bicyclic) bond motifs is 1. The molecule has 0 amide bonds. The summed E-state index contributed by atoms with van der Waals surface area (Å²) in [6, 6.07) is 6.14. The number of rotatable bonds is 7. The average Bonchev–Trinajstić information content (AvgIpc) is 3.02. The van der Waals surface area contributed by atoms with Gasteiger partial charge in [-0.3, -0.25) is 0 Å². The van der Waals surface area contributed by atoms with E-state index in [-0.39, 0.29) is 17.8 Å². The van der Waals surface area contributed by atoms with Crippen LogP contribution in [0.1, 0.15) is 24.1 Å². The minimum atomic E-state index is 0. The van der Waals surface area contributed by atoms with Crippen LogP contribution < -0.4 is 0 Å². The Balaban J connectivity index is 0.00000231. The number of nitrogens with zero attached hydrogens (tertiary/aromatic N) is 5. The van der Waals surface area contributed by atoms with Crippen LogP contribution in [0.2, 0.25) is 10.0 Å². The first-order valence-corrected chi connectivity index (χ1v) is 11.8. The predicted molar refractivity (Wildman–Crippen MR) is 127 cm³/mol. The van der Waals surface area contributed by atoms with Gasteiger partial charge in [-0.15, -0.1) is 22.6 Å². The summed E-state index contributed by atoms with van der Waals surface area (Å²) in [4.78, 5) is 6.72. The maximum Gasteiger partial charge on any atom is 0.202 e. The molecule has 0 radical (unpaired) electrons. The molecule has 2 aliphatic rings. The monoisotopic (exact) mass is 499 g/mol. The molecule has 166 valence electrons. The molecule has 0 bridgehead atoms. The molecule has 3 heterocycles. The van der Waals surface area contributed by atoms with Gasteiger partial charge in [-0.25, -0.2) is 4.98 Å². The highest BCUT2D eigenvalue weighted by Crippen LogP contribution is 2.59. The second-order valence-electron chi connectivity index (χ2n) is 8.26. The van der Waals surface area contributed by atoms with E-state index in [9.17, 15) is 0 Å². The molecule has 10 heteroatoms. The van der Waals surface area contributed by atoms with E-state index in [2.05, 4.69) is 32.2 Å². The maximum atomic E-state index is 6.25. The third kappa shape index (κ3) is 4.23. The van der Waals surface area contributed by atoms with Crippen molar-refractivity contribution in [2.45, 2.75) is 30.3 Å². The molecule has 0 N–H and O–H groups in total. The number of thioether (sulfide) groups is 1. The number of oxazole rings is 1. The van der Waals surface area contributed by atoms with Gasteiger partial charge in [0.05, 0.1) is 15.7 Å². The van der Waals surface area contributed by atoms with E-state index in [1.807, 2.05) is 24.6 Å². The van der Waals surface area contributed by atoms with Gasteiger partial charge in [-0.1, -0.05) is 41.0 Å². The topological polar surface area (TPSA) is 60.0 Å². The summed E-state index contributed by atoms with van der Waals surface area (Å²) >= 11 is 14.1. The molecule has 6 nitrogen and oxygen atoms in total. The molecule has 3 aromatic rings. The van der Waals surface area contributed by atoms with Gasteiger partial charge >= 0.3 is 0 Å². The largest absolute Gasteiger partial charge is 0.440 e. The maximum absolute atomic E-state index is 6.25. The van der Waals surface area contributed by atoms with Crippen molar-refractivity contribution in [3.05, 3.63) is 45.9 Å². The molecular formula is C21H24Cl3N5OS. The van der Waals surface area contributed by atoms with Gasteiger partial charge in [0.1, 0.15) is 0 Å². The molecule has 2 atom stereocenters. The second-order valence-corrected chi connectivity index (χ2v) is 10.1. The number of benzene rings is 1. The van der Waals surface area contributed by atoms with Crippen molar-refractivity contribution in [3.63, 3.8) is 0 Å². The van der Waals surface area contributed by atoms with Crippen LogP contribution in [-0.2, 0) is 12.5 Å². The van der Waals surface area contributed by atoms with Gasteiger partial charge in [-0.05, 0) is 49.9 Å². The molecule has 5 rings (SSSR count). The van der Waals surface area contributed by atoms with Crippen molar-refractivity contribution in [2.24, 2.45) is 13.0 Å². The lowest BCUT2D eigenvalue weighted by atomic mass is 9.95. The highest BCUT2D eigenvalue weighted by Gasteiger charge is 2.60. The fourth-order valence-corrected chi connectivity index (χ4v) is 5.75. The molecule has 1 aromatic carbocycles. The summed E-state index contributed by atoms with van der Waals surface area (Å²) in [6.45, 7) is 5.28. The van der Waals surface area contributed by atoms with Crippen LogP contribution in [0.15, 0.2) is 34.2 Å². The summed E-state index contributed by atoms with van der Waals surface area (Å²) in [6.07, 6.45) is 3.81. The lowest BCUT2D eigenvalue weighted by molar-refractivity contribution is 0.299. The van der Waals surface area contributed by atoms with Crippen LogP contribution in [0.5, 0.6) is 0 Å². The number of hydrogen-bond acceptors (Lipinski definition) is 6. The Bertz CT molecular complexity index is 1090. The molecular weight excluding hydrogens is 477 g/mol. The fraction of sp³-hybridized carbons (Fsp3) is 0.476. The van der Waals surface area contributed by atoms with Gasteiger partial charge in [-0.2, -0.15) is 0 Å². The van der Waals surface area contributed by atoms with Gasteiger partial charge in [0.15, 0.2) is 17.3 Å². The highest BCUT2D eigenvalue weighted by molar-refractivity contribution is 7.99. The first-order chi connectivity index (χ1) is 14.5. The van der Waals surface area contributed by atoms with E-state index < -0.39 is 0 Å². The van der Waals surface area contributed by atoms with E-state index in [4.69, 9.17) is 27.6 Å². The molecule has 2 aromatic heterocycles. The molecule has 0 spiro atoms. The van der Waals surface area contributed by atoms with E-state index in [0.717, 1.165) is 47.9 Å². The van der Waals surface area contributed by atoms with Crippen molar-refractivity contribution in [1.82, 2.24) is 24.6 Å². The summed E-state index contributed by atoms with van der Waals surface area (Å²) in [5.41, 5.74) is 2.45. The zero-order valence-electron chi connectivity index (χ0n) is 17.3. The minimum absolute atomic E-state index is 0. The summed E-state index contributed by atoms with van der Waals surface area (Å²) in [5.74, 6) is 3.15. The van der Waals surface area contributed by atoms with Crippen molar-refractivity contribution in [2.75, 3.05) is 25.4 Å². The fourth-order valence-electron chi connectivity index (χ4n) is 4.62. The number of aryl methyl sites for hydroxylation is 1. The Morgan fingerprint density at radius 1 is 1.26 bits per heavy atom. The smallest absolute Gasteiger partial charge is 0.202 e. The van der Waals surface area contributed by atoms with Crippen LogP contribution in [-0.4, -0.2) is 50.0 Å². The zero-order valence-corrected chi connectivity index (χ0v) is 20.5. The number of hydrogen-bond donors (Lipinski definition) is 0. The predicted octanol–water partition coefficient (Wildman–Crippen LogP) is 5.26. The molecule has 1 aliphatic carbocycles. The SMILES string of the molecule is Cc1ncoc1-c1nnc(SCCCN2C[C@H]3C[C@@]3(c3ccc(Cl)c(Cl)c3)C2)n1C.Cl. The first-order valence-electron chi connectivity index (χ1n) is 10.1. The standard InChI is InChI=1S/C21H23Cl2N5OS.ClH/c1-13-18(29-12-24-13)19-25-26-20(27(19)2)30-7-3-6-28-10-15-9-21(15,11-28)14-4-5-16(22)17(23)8-14;/h4-5,8,12,15H,3,6-7,9-11H2,1-2H3;1H/t15-,21+;/m1./s1. The summed E-state index contributed by atoms with van der Waals surface area (Å²) in [5, 5.41) is 10.8. The third-order valence-corrected chi connectivity index (χ3v) is 8.19. The Morgan fingerprint density at radius 2 is 2.10 bits per heavy atom. The van der Waals surface area contributed by atoms with Crippen LogP contribution in [0, 0.1) is 12.8 Å². The third-order valence-electron chi connectivity index (χ3n) is 6.34. The number of aromatic nitrogens is 4. The van der Waals surface area contributed by atoms with Gasteiger partial charge in [0.25, 0.3) is 0 Å². The molecule has 1 saturated carbocycles. The summed E-state index contributed by atoms with van der Waals surface area (Å²) < 4.78 is 7.42. The average molecular weight is 501 g/mol. The van der Waals surface area contributed by atoms with Crippen molar-refractivity contribution >= 4 is 47.4 Å². The number of piperidine rings is 1. The Morgan fingerprint density at radius 3 is 2.84 bits per heavy atom. The lowest BCUT2D eigenvalue weighted by Gasteiger charge is -2.21. The second kappa shape index (κ2) is 8.94. The van der Waals surface area contributed by atoms with Crippen molar-refractivity contribution in [3.8, 4) is 11.6 Å². The van der Waals surface area contributed by atoms with Crippen molar-refractivity contribution in [1.29, 1.82) is 0 Å².